The van der Waals surface area contributed by atoms with Crippen LogP contribution in [-0.4, -0.2) is 15.9 Å². The quantitative estimate of drug-likeness (QED) is 0.661. The Morgan fingerprint density at radius 2 is 1.89 bits per heavy atom. The first-order chi connectivity index (χ1) is 8.56. The lowest BCUT2D eigenvalue weighted by molar-refractivity contribution is 0.102. The van der Waals surface area contributed by atoms with E-state index < -0.39 is 0 Å². The highest BCUT2D eigenvalue weighted by Crippen LogP contribution is 2.20. The van der Waals surface area contributed by atoms with Gasteiger partial charge in [-0.2, -0.15) is 0 Å². The van der Waals surface area contributed by atoms with E-state index in [4.69, 9.17) is 0 Å². The molecule has 0 aliphatic carbocycles. The molecule has 0 fully saturated rings. The summed E-state index contributed by atoms with van der Waals surface area (Å²) in [6, 6.07) is 7.27. The number of anilines is 1. The van der Waals surface area contributed by atoms with E-state index in [9.17, 15) is 4.79 Å². The van der Waals surface area contributed by atoms with Crippen LogP contribution in [0.4, 0.5) is 5.82 Å². The number of nitrogens with one attached hydrogen (secondary N) is 1. The summed E-state index contributed by atoms with van der Waals surface area (Å²) in [5.41, 5.74) is 0.576. The van der Waals surface area contributed by atoms with Gasteiger partial charge in [0.05, 0.1) is 6.20 Å². The Hall–Kier alpha value is -0.540. The lowest BCUT2D eigenvalue weighted by Gasteiger charge is -2.06. The predicted molar refractivity (Wildman–Crippen MR) is 84.5 cm³/mol. The molecule has 0 radical (unpaired) electrons. The average molecular weight is 483 g/mol. The van der Waals surface area contributed by atoms with Crippen LogP contribution >= 0.6 is 54.5 Å². The number of halogens is 3. The molecule has 1 amide bonds. The van der Waals surface area contributed by atoms with Crippen molar-refractivity contribution in [1.29, 1.82) is 0 Å². The normalized spacial score (nSPS) is 10.2. The van der Waals surface area contributed by atoms with E-state index in [2.05, 4.69) is 69.7 Å². The summed E-state index contributed by atoms with van der Waals surface area (Å²) < 4.78 is 2.16. The lowest BCUT2D eigenvalue weighted by Crippen LogP contribution is -2.13. The maximum absolute atomic E-state index is 11.9. The van der Waals surface area contributed by atoms with Crippen LogP contribution < -0.4 is 5.32 Å². The summed E-state index contributed by atoms with van der Waals surface area (Å²) in [5.74, 6) is 0.172. The van der Waals surface area contributed by atoms with E-state index in [1.807, 2.05) is 12.1 Å². The maximum atomic E-state index is 11.9. The number of hydrogen-bond donors (Lipinski definition) is 1. The van der Waals surface area contributed by atoms with Gasteiger partial charge in [-0.05, 0) is 78.7 Å². The number of benzene rings is 1. The Morgan fingerprint density at radius 3 is 2.50 bits per heavy atom. The first kappa shape index (κ1) is 13.9. The molecule has 0 aliphatic heterocycles. The van der Waals surface area contributed by atoms with Gasteiger partial charge in [0.15, 0.2) is 5.82 Å². The van der Waals surface area contributed by atoms with E-state index in [1.54, 1.807) is 12.1 Å². The van der Waals surface area contributed by atoms with Crippen molar-refractivity contribution < 1.29 is 4.79 Å². The number of carbonyl (C=O) groups is 1. The molecule has 18 heavy (non-hydrogen) atoms. The first-order valence-corrected chi connectivity index (χ1v) is 7.47. The van der Waals surface area contributed by atoms with Crippen LogP contribution in [0.25, 0.3) is 0 Å². The van der Waals surface area contributed by atoms with Crippen LogP contribution in [0.5, 0.6) is 0 Å². The molecule has 1 N–H and O–H groups in total. The number of hydrogen-bond acceptors (Lipinski definition) is 3. The number of amides is 1. The number of rotatable bonds is 2. The van der Waals surface area contributed by atoms with Crippen molar-refractivity contribution in [3.63, 3.8) is 0 Å². The van der Waals surface area contributed by atoms with Crippen molar-refractivity contribution >= 4 is 66.2 Å². The van der Waals surface area contributed by atoms with Gasteiger partial charge < -0.3 is 5.32 Å². The molecule has 4 nitrogen and oxygen atoms in total. The molecule has 2 rings (SSSR count). The fraction of sp³-hybridized carbons (Fsp3) is 0. The van der Waals surface area contributed by atoms with Crippen molar-refractivity contribution in [2.75, 3.05) is 5.32 Å². The SMILES string of the molecule is O=C(Nc1ncc(Br)nc1Br)c1ccc(I)cc1. The predicted octanol–water partition coefficient (Wildman–Crippen LogP) is 3.86. The minimum absolute atomic E-state index is 0.219. The zero-order valence-electron chi connectivity index (χ0n) is 8.82. The molecule has 0 saturated heterocycles. The number of nitrogens with zero attached hydrogens (tertiary/aromatic N) is 2. The molecule has 0 atom stereocenters. The van der Waals surface area contributed by atoms with Gasteiger partial charge in [-0.25, -0.2) is 9.97 Å². The van der Waals surface area contributed by atoms with Gasteiger partial charge in [0.2, 0.25) is 0 Å². The average Bonchev–Trinajstić information content (AvgIpc) is 2.33. The third-order valence-electron chi connectivity index (χ3n) is 2.04. The minimum atomic E-state index is -0.219. The van der Waals surface area contributed by atoms with E-state index >= 15 is 0 Å². The van der Waals surface area contributed by atoms with Crippen molar-refractivity contribution in [2.24, 2.45) is 0 Å². The van der Waals surface area contributed by atoms with Gasteiger partial charge in [-0.15, -0.1) is 0 Å². The smallest absolute Gasteiger partial charge is 0.256 e. The second-order valence-electron chi connectivity index (χ2n) is 3.29. The van der Waals surface area contributed by atoms with Gasteiger partial charge >= 0.3 is 0 Å². The molecule has 1 aromatic heterocycles. The summed E-state index contributed by atoms with van der Waals surface area (Å²) in [6.07, 6.45) is 1.52. The van der Waals surface area contributed by atoms with E-state index in [1.165, 1.54) is 6.20 Å². The Balaban J connectivity index is 2.18. The molecule has 1 aromatic carbocycles. The molecule has 0 saturated carbocycles. The Labute approximate surface area is 134 Å². The standard InChI is InChI=1S/C11H6Br2IN3O/c12-8-5-15-10(9(13)16-8)17-11(18)6-1-3-7(14)4-2-6/h1-5H,(H,15,17,18). The summed E-state index contributed by atoms with van der Waals surface area (Å²) in [6.45, 7) is 0. The van der Waals surface area contributed by atoms with Crippen LogP contribution in [0.3, 0.4) is 0 Å². The van der Waals surface area contributed by atoms with Crippen LogP contribution in [0.1, 0.15) is 10.4 Å². The molecule has 0 bridgehead atoms. The largest absolute Gasteiger partial charge is 0.304 e. The van der Waals surface area contributed by atoms with E-state index in [0.29, 0.717) is 20.6 Å². The lowest BCUT2D eigenvalue weighted by atomic mass is 10.2. The summed E-state index contributed by atoms with van der Waals surface area (Å²) >= 11 is 8.62. The van der Waals surface area contributed by atoms with Gasteiger partial charge in [-0.1, -0.05) is 0 Å². The molecular formula is C11H6Br2IN3O. The van der Waals surface area contributed by atoms with E-state index in [-0.39, 0.29) is 5.91 Å². The van der Waals surface area contributed by atoms with Crippen molar-refractivity contribution in [1.82, 2.24) is 9.97 Å². The molecule has 0 spiro atoms. The van der Waals surface area contributed by atoms with Crippen molar-refractivity contribution in [2.45, 2.75) is 0 Å². The minimum Gasteiger partial charge on any atom is -0.304 e. The van der Waals surface area contributed by atoms with Crippen LogP contribution in [0.15, 0.2) is 39.7 Å². The highest BCUT2D eigenvalue weighted by molar-refractivity contribution is 14.1. The first-order valence-electron chi connectivity index (χ1n) is 4.81. The monoisotopic (exact) mass is 481 g/mol. The van der Waals surface area contributed by atoms with Gasteiger partial charge in [-0.3, -0.25) is 4.79 Å². The van der Waals surface area contributed by atoms with Gasteiger partial charge in [0, 0.05) is 9.13 Å². The highest BCUT2D eigenvalue weighted by Gasteiger charge is 2.10. The Bertz CT molecular complexity index is 589. The molecule has 2 aromatic rings. The zero-order valence-corrected chi connectivity index (χ0v) is 14.2. The van der Waals surface area contributed by atoms with Crippen LogP contribution in [0.2, 0.25) is 0 Å². The van der Waals surface area contributed by atoms with E-state index in [0.717, 1.165) is 3.57 Å². The third-order valence-corrected chi connectivity index (χ3v) is 3.69. The maximum Gasteiger partial charge on any atom is 0.256 e. The third kappa shape index (κ3) is 3.48. The summed E-state index contributed by atoms with van der Waals surface area (Å²) in [5, 5.41) is 2.69. The molecule has 1 heterocycles. The van der Waals surface area contributed by atoms with Crippen molar-refractivity contribution in [3.05, 3.63) is 48.8 Å². The second kappa shape index (κ2) is 6.07. The molecule has 7 heteroatoms. The van der Waals surface area contributed by atoms with Crippen LogP contribution in [0, 0.1) is 3.57 Å². The second-order valence-corrected chi connectivity index (χ2v) is 6.10. The van der Waals surface area contributed by atoms with Crippen molar-refractivity contribution in [3.8, 4) is 0 Å². The Morgan fingerprint density at radius 1 is 1.22 bits per heavy atom. The topological polar surface area (TPSA) is 54.9 Å². The summed E-state index contributed by atoms with van der Waals surface area (Å²) in [4.78, 5) is 20.1. The molecule has 0 unspecified atom stereocenters. The molecule has 0 aliphatic rings. The molecule has 92 valence electrons. The fourth-order valence-electron chi connectivity index (χ4n) is 1.21. The Kier molecular flexibility index (Phi) is 4.68. The highest BCUT2D eigenvalue weighted by atomic mass is 127. The van der Waals surface area contributed by atoms with Gasteiger partial charge in [0.25, 0.3) is 5.91 Å². The number of aromatic nitrogens is 2. The zero-order chi connectivity index (χ0) is 13.1. The fourth-order valence-corrected chi connectivity index (χ4v) is 2.48. The number of carbonyl (C=O) groups excluding carboxylic acids is 1. The summed E-state index contributed by atoms with van der Waals surface area (Å²) in [7, 11) is 0. The van der Waals surface area contributed by atoms with Gasteiger partial charge in [0.1, 0.15) is 9.21 Å². The van der Waals surface area contributed by atoms with Crippen LogP contribution in [-0.2, 0) is 0 Å². The molecular weight excluding hydrogens is 477 g/mol.